The fourth-order valence-corrected chi connectivity index (χ4v) is 2.97. The molecule has 6 nitrogen and oxygen atoms in total. The Bertz CT molecular complexity index is 949. The maximum absolute atomic E-state index is 6.10. The average molecular weight is 399 g/mol. The molecule has 0 spiro atoms. The second-order valence-electron chi connectivity index (χ2n) is 6.18. The molecule has 0 atom stereocenters. The number of nitrogens with one attached hydrogen (secondary N) is 2. The molecule has 0 unspecified atom stereocenters. The van der Waals surface area contributed by atoms with Gasteiger partial charge in [0.25, 0.3) is 0 Å². The molecule has 146 valence electrons. The molecule has 0 saturated carbocycles. The third kappa shape index (κ3) is 5.27. The minimum absolute atomic E-state index is 0.616. The van der Waals surface area contributed by atoms with E-state index in [-0.39, 0.29) is 0 Å². The monoisotopic (exact) mass is 398 g/mol. The number of benzene rings is 2. The zero-order valence-corrected chi connectivity index (χ0v) is 16.9. The molecule has 0 aliphatic carbocycles. The Kier molecular flexibility index (Phi) is 6.55. The molecule has 2 N–H and O–H groups in total. The van der Waals surface area contributed by atoms with Gasteiger partial charge in [-0.1, -0.05) is 23.7 Å². The van der Waals surface area contributed by atoms with Gasteiger partial charge in [0.2, 0.25) is 0 Å². The first-order valence-electron chi connectivity index (χ1n) is 8.90. The number of aryl methyl sites for hydroxylation is 1. The topological polar surface area (TPSA) is 68.3 Å². The first-order valence-corrected chi connectivity index (χ1v) is 9.28. The van der Waals surface area contributed by atoms with Gasteiger partial charge in [-0.05, 0) is 49.2 Å². The van der Waals surface area contributed by atoms with Crippen LogP contribution in [-0.4, -0.2) is 30.7 Å². The molecular formula is C21H23ClN4O2. The Labute approximate surface area is 169 Å². The van der Waals surface area contributed by atoms with E-state index in [1.807, 2.05) is 37.3 Å². The van der Waals surface area contributed by atoms with Gasteiger partial charge in [0, 0.05) is 17.6 Å². The lowest BCUT2D eigenvalue weighted by Crippen LogP contribution is -2.08. The van der Waals surface area contributed by atoms with Gasteiger partial charge in [0.15, 0.2) is 0 Å². The van der Waals surface area contributed by atoms with E-state index in [0.717, 1.165) is 30.2 Å². The van der Waals surface area contributed by atoms with E-state index in [9.17, 15) is 0 Å². The summed E-state index contributed by atoms with van der Waals surface area (Å²) in [7, 11) is 3.29. The fraction of sp³-hybridized carbons (Fsp3) is 0.238. The largest absolute Gasteiger partial charge is 0.497 e. The number of methoxy groups -OCH3 is 2. The predicted octanol–water partition coefficient (Wildman–Crippen LogP) is 4.85. The van der Waals surface area contributed by atoms with Crippen LogP contribution in [0.1, 0.15) is 11.4 Å². The van der Waals surface area contributed by atoms with Gasteiger partial charge in [-0.3, -0.25) is 0 Å². The van der Waals surface area contributed by atoms with Crippen LogP contribution in [0.15, 0.2) is 48.5 Å². The Hall–Kier alpha value is -2.99. The molecule has 0 radical (unpaired) electrons. The summed E-state index contributed by atoms with van der Waals surface area (Å²) >= 11 is 6.10. The highest BCUT2D eigenvalue weighted by Gasteiger charge is 2.07. The first kappa shape index (κ1) is 19.8. The summed E-state index contributed by atoms with van der Waals surface area (Å²) in [5.41, 5.74) is 1.94. The maximum atomic E-state index is 6.10. The highest BCUT2D eigenvalue weighted by Crippen LogP contribution is 2.30. The van der Waals surface area contributed by atoms with Crippen molar-refractivity contribution in [2.24, 2.45) is 0 Å². The van der Waals surface area contributed by atoms with Crippen LogP contribution in [0, 0.1) is 6.92 Å². The summed E-state index contributed by atoms with van der Waals surface area (Å²) in [5, 5.41) is 7.22. The number of ether oxygens (including phenoxy) is 2. The van der Waals surface area contributed by atoms with E-state index < -0.39 is 0 Å². The van der Waals surface area contributed by atoms with Crippen LogP contribution < -0.4 is 20.1 Å². The Morgan fingerprint density at radius 1 is 0.964 bits per heavy atom. The van der Waals surface area contributed by atoms with E-state index >= 15 is 0 Å². The third-order valence-electron chi connectivity index (χ3n) is 4.12. The van der Waals surface area contributed by atoms with Crippen molar-refractivity contribution in [1.29, 1.82) is 0 Å². The van der Waals surface area contributed by atoms with Gasteiger partial charge >= 0.3 is 0 Å². The zero-order chi connectivity index (χ0) is 19.9. The van der Waals surface area contributed by atoms with Crippen LogP contribution in [0.3, 0.4) is 0 Å². The standard InChI is InChI=1S/C21H23ClN4O2/c1-14-24-20(23-10-9-15-5-4-6-17(11-15)27-2)13-21(25-14)26-18-12-16(22)7-8-19(18)28-3/h4-8,11-13H,9-10H2,1-3H3,(H2,23,24,25,26). The molecule has 0 saturated heterocycles. The predicted molar refractivity (Wildman–Crippen MR) is 113 cm³/mol. The molecular weight excluding hydrogens is 376 g/mol. The van der Waals surface area contributed by atoms with Crippen LogP contribution in [0.2, 0.25) is 5.02 Å². The summed E-state index contributed by atoms with van der Waals surface area (Å²) in [5.74, 6) is 3.62. The molecule has 3 rings (SSSR count). The zero-order valence-electron chi connectivity index (χ0n) is 16.1. The van der Waals surface area contributed by atoms with Gasteiger partial charge < -0.3 is 20.1 Å². The first-order chi connectivity index (χ1) is 13.6. The Morgan fingerprint density at radius 3 is 2.57 bits per heavy atom. The van der Waals surface area contributed by atoms with Crippen LogP contribution in [0.25, 0.3) is 0 Å². The number of rotatable bonds is 8. The van der Waals surface area contributed by atoms with E-state index in [1.54, 1.807) is 26.4 Å². The van der Waals surface area contributed by atoms with Crippen molar-refractivity contribution in [2.75, 3.05) is 31.4 Å². The molecule has 7 heteroatoms. The molecule has 0 bridgehead atoms. The van der Waals surface area contributed by atoms with Crippen LogP contribution in [0.4, 0.5) is 17.3 Å². The Balaban J connectivity index is 1.68. The van der Waals surface area contributed by atoms with Crippen molar-refractivity contribution in [3.63, 3.8) is 0 Å². The number of hydrogen-bond donors (Lipinski definition) is 2. The SMILES string of the molecule is COc1cccc(CCNc2cc(Nc3cc(Cl)ccc3OC)nc(C)n2)c1. The summed E-state index contributed by atoms with van der Waals surface area (Å²) in [6, 6.07) is 15.3. The molecule has 0 fully saturated rings. The number of nitrogens with zero attached hydrogens (tertiary/aromatic N) is 2. The normalized spacial score (nSPS) is 10.4. The molecule has 0 aliphatic heterocycles. The second kappa shape index (κ2) is 9.28. The highest BCUT2D eigenvalue weighted by atomic mass is 35.5. The summed E-state index contributed by atoms with van der Waals surface area (Å²) in [4.78, 5) is 8.90. The fourth-order valence-electron chi connectivity index (χ4n) is 2.80. The minimum Gasteiger partial charge on any atom is -0.497 e. The van der Waals surface area contributed by atoms with Crippen molar-refractivity contribution in [3.05, 3.63) is 64.9 Å². The quantitative estimate of drug-likeness (QED) is 0.565. The summed E-state index contributed by atoms with van der Waals surface area (Å²) in [6.45, 7) is 2.59. The van der Waals surface area contributed by atoms with Crippen molar-refractivity contribution in [3.8, 4) is 11.5 Å². The molecule has 2 aromatic carbocycles. The lowest BCUT2D eigenvalue weighted by atomic mass is 10.1. The van der Waals surface area contributed by atoms with E-state index in [4.69, 9.17) is 21.1 Å². The van der Waals surface area contributed by atoms with Gasteiger partial charge in [0.1, 0.15) is 29.0 Å². The smallest absolute Gasteiger partial charge is 0.142 e. The number of hydrogen-bond acceptors (Lipinski definition) is 6. The number of halogens is 1. The van der Waals surface area contributed by atoms with Gasteiger partial charge in [0.05, 0.1) is 19.9 Å². The van der Waals surface area contributed by atoms with Crippen LogP contribution in [-0.2, 0) is 6.42 Å². The molecule has 1 heterocycles. The minimum atomic E-state index is 0.616. The molecule has 1 aromatic heterocycles. The lowest BCUT2D eigenvalue weighted by Gasteiger charge is -2.13. The molecule has 0 aliphatic rings. The second-order valence-corrected chi connectivity index (χ2v) is 6.62. The maximum Gasteiger partial charge on any atom is 0.142 e. The molecule has 0 amide bonds. The van der Waals surface area contributed by atoms with Gasteiger partial charge in [-0.2, -0.15) is 0 Å². The molecule has 28 heavy (non-hydrogen) atoms. The average Bonchev–Trinajstić information content (AvgIpc) is 2.68. The van der Waals surface area contributed by atoms with Crippen molar-refractivity contribution < 1.29 is 9.47 Å². The number of anilines is 3. The Morgan fingerprint density at radius 2 is 1.79 bits per heavy atom. The number of aromatic nitrogens is 2. The summed E-state index contributed by atoms with van der Waals surface area (Å²) < 4.78 is 10.6. The third-order valence-corrected chi connectivity index (χ3v) is 4.35. The van der Waals surface area contributed by atoms with Crippen LogP contribution >= 0.6 is 11.6 Å². The van der Waals surface area contributed by atoms with E-state index in [2.05, 4.69) is 26.7 Å². The molecule has 3 aromatic rings. The lowest BCUT2D eigenvalue weighted by molar-refractivity contribution is 0.414. The van der Waals surface area contributed by atoms with E-state index in [0.29, 0.717) is 22.4 Å². The van der Waals surface area contributed by atoms with E-state index in [1.165, 1.54) is 5.56 Å². The van der Waals surface area contributed by atoms with Crippen molar-refractivity contribution in [1.82, 2.24) is 9.97 Å². The van der Waals surface area contributed by atoms with Gasteiger partial charge in [-0.15, -0.1) is 0 Å². The summed E-state index contributed by atoms with van der Waals surface area (Å²) in [6.07, 6.45) is 0.852. The van der Waals surface area contributed by atoms with Crippen molar-refractivity contribution in [2.45, 2.75) is 13.3 Å². The van der Waals surface area contributed by atoms with Gasteiger partial charge in [-0.25, -0.2) is 9.97 Å². The highest BCUT2D eigenvalue weighted by molar-refractivity contribution is 6.31. The van der Waals surface area contributed by atoms with Crippen molar-refractivity contribution >= 4 is 28.9 Å². The van der Waals surface area contributed by atoms with Crippen LogP contribution in [0.5, 0.6) is 11.5 Å².